The van der Waals surface area contributed by atoms with Gasteiger partial charge in [-0.05, 0) is 38.3 Å². The third kappa shape index (κ3) is 2.01. The summed E-state index contributed by atoms with van der Waals surface area (Å²) in [7, 11) is 0. The Morgan fingerprint density at radius 2 is 2.44 bits per heavy atom. The van der Waals surface area contributed by atoms with Crippen LogP contribution in [0.5, 0.6) is 0 Å². The lowest BCUT2D eigenvalue weighted by atomic mass is 10.0. The normalized spacial score (nSPS) is 13.9. The fraction of sp³-hybridized carbons (Fsp3) is 0.500. The zero-order valence-corrected chi connectivity index (χ0v) is 9.67. The molecular formula is C12H16N2O2. The number of carbonyl (C=O) groups is 1. The highest BCUT2D eigenvalue weighted by Crippen LogP contribution is 2.22. The summed E-state index contributed by atoms with van der Waals surface area (Å²) in [6.07, 6.45) is 2.06. The second-order valence-electron chi connectivity index (χ2n) is 3.88. The number of aromatic nitrogens is 1. The first-order chi connectivity index (χ1) is 7.72. The quantitative estimate of drug-likeness (QED) is 0.774. The Kier molecular flexibility index (Phi) is 3.08. The molecule has 0 radical (unpaired) electrons. The van der Waals surface area contributed by atoms with Crippen LogP contribution in [0.25, 0.3) is 0 Å². The molecule has 86 valence electrons. The average molecular weight is 220 g/mol. The van der Waals surface area contributed by atoms with Gasteiger partial charge < -0.3 is 10.1 Å². The van der Waals surface area contributed by atoms with Gasteiger partial charge in [0.25, 0.3) is 0 Å². The lowest BCUT2D eigenvalue weighted by molar-refractivity contribution is 0.0525. The fourth-order valence-corrected chi connectivity index (χ4v) is 1.89. The molecule has 2 heterocycles. The first kappa shape index (κ1) is 10.9. The Labute approximate surface area is 95.0 Å². The van der Waals surface area contributed by atoms with Gasteiger partial charge in [0.05, 0.1) is 17.9 Å². The predicted octanol–water partition coefficient (Wildman–Crippen LogP) is 1.92. The Morgan fingerprint density at radius 3 is 3.19 bits per heavy atom. The summed E-state index contributed by atoms with van der Waals surface area (Å²) in [5, 5.41) is 3.24. The van der Waals surface area contributed by atoms with Crippen LogP contribution in [0.2, 0.25) is 0 Å². The van der Waals surface area contributed by atoms with Crippen molar-refractivity contribution in [3.05, 3.63) is 22.9 Å². The van der Waals surface area contributed by atoms with Gasteiger partial charge in [0.15, 0.2) is 0 Å². The van der Waals surface area contributed by atoms with Gasteiger partial charge in [-0.2, -0.15) is 0 Å². The van der Waals surface area contributed by atoms with E-state index >= 15 is 0 Å². The lowest BCUT2D eigenvalue weighted by Gasteiger charge is -2.18. The lowest BCUT2D eigenvalue weighted by Crippen LogP contribution is -2.16. The van der Waals surface area contributed by atoms with Crippen molar-refractivity contribution in [3.63, 3.8) is 0 Å². The van der Waals surface area contributed by atoms with Crippen molar-refractivity contribution in [2.24, 2.45) is 0 Å². The number of esters is 1. The minimum atomic E-state index is -0.277. The molecule has 0 amide bonds. The van der Waals surface area contributed by atoms with E-state index in [9.17, 15) is 4.79 Å². The van der Waals surface area contributed by atoms with E-state index in [0.717, 1.165) is 36.5 Å². The van der Waals surface area contributed by atoms with Crippen molar-refractivity contribution in [2.45, 2.75) is 26.7 Å². The second-order valence-corrected chi connectivity index (χ2v) is 3.88. The first-order valence-electron chi connectivity index (χ1n) is 5.64. The summed E-state index contributed by atoms with van der Waals surface area (Å²) >= 11 is 0. The van der Waals surface area contributed by atoms with Crippen molar-refractivity contribution in [2.75, 3.05) is 18.5 Å². The summed E-state index contributed by atoms with van der Waals surface area (Å²) in [6.45, 7) is 5.00. The zero-order valence-electron chi connectivity index (χ0n) is 9.67. The van der Waals surface area contributed by atoms with Crippen molar-refractivity contribution in [1.29, 1.82) is 0 Å². The molecule has 0 aliphatic carbocycles. The molecule has 1 aliphatic rings. The van der Waals surface area contributed by atoms with Gasteiger partial charge in [-0.3, -0.25) is 0 Å². The standard InChI is InChI=1S/C12H16N2O2/c1-3-16-12(15)10-7-9-5-4-6-13-11(9)14-8(10)2/h7H,3-6H2,1-2H3,(H,13,14). The number of nitrogens with zero attached hydrogens (tertiary/aromatic N) is 1. The summed E-state index contributed by atoms with van der Waals surface area (Å²) in [5.41, 5.74) is 2.43. The highest BCUT2D eigenvalue weighted by atomic mass is 16.5. The van der Waals surface area contributed by atoms with Crippen LogP contribution in [0.4, 0.5) is 5.82 Å². The van der Waals surface area contributed by atoms with E-state index < -0.39 is 0 Å². The Bertz CT molecular complexity index is 416. The third-order valence-corrected chi connectivity index (χ3v) is 2.70. The van der Waals surface area contributed by atoms with Crippen LogP contribution in [-0.4, -0.2) is 24.1 Å². The van der Waals surface area contributed by atoms with Crippen molar-refractivity contribution < 1.29 is 9.53 Å². The molecule has 16 heavy (non-hydrogen) atoms. The number of nitrogens with one attached hydrogen (secondary N) is 1. The van der Waals surface area contributed by atoms with Gasteiger partial charge in [-0.1, -0.05) is 0 Å². The van der Waals surface area contributed by atoms with Crippen LogP contribution in [0.15, 0.2) is 6.07 Å². The van der Waals surface area contributed by atoms with Gasteiger partial charge in [0.2, 0.25) is 0 Å². The Hall–Kier alpha value is -1.58. The number of ether oxygens (including phenoxy) is 1. The van der Waals surface area contributed by atoms with Gasteiger partial charge in [0, 0.05) is 6.54 Å². The first-order valence-corrected chi connectivity index (χ1v) is 5.64. The van der Waals surface area contributed by atoms with Gasteiger partial charge in [-0.15, -0.1) is 0 Å². The van der Waals surface area contributed by atoms with E-state index in [-0.39, 0.29) is 5.97 Å². The van der Waals surface area contributed by atoms with Crippen molar-refractivity contribution >= 4 is 11.8 Å². The number of hydrogen-bond acceptors (Lipinski definition) is 4. The highest BCUT2D eigenvalue weighted by Gasteiger charge is 2.17. The molecule has 0 unspecified atom stereocenters. The summed E-state index contributed by atoms with van der Waals surface area (Å²) in [4.78, 5) is 16.1. The van der Waals surface area contributed by atoms with E-state index in [1.54, 1.807) is 6.92 Å². The summed E-state index contributed by atoms with van der Waals surface area (Å²) in [6, 6.07) is 1.90. The van der Waals surface area contributed by atoms with Gasteiger partial charge in [0.1, 0.15) is 5.82 Å². The molecule has 4 heteroatoms. The second kappa shape index (κ2) is 4.51. The molecule has 0 saturated carbocycles. The van der Waals surface area contributed by atoms with Crippen molar-refractivity contribution in [1.82, 2.24) is 4.98 Å². The van der Waals surface area contributed by atoms with Gasteiger partial charge in [-0.25, -0.2) is 9.78 Å². The van der Waals surface area contributed by atoms with Gasteiger partial charge >= 0.3 is 5.97 Å². The van der Waals surface area contributed by atoms with Crippen LogP contribution >= 0.6 is 0 Å². The Morgan fingerprint density at radius 1 is 1.62 bits per heavy atom. The molecule has 4 nitrogen and oxygen atoms in total. The molecular weight excluding hydrogens is 204 g/mol. The fourth-order valence-electron chi connectivity index (χ4n) is 1.89. The maximum absolute atomic E-state index is 11.7. The van der Waals surface area contributed by atoms with Crippen LogP contribution in [0.1, 0.15) is 35.0 Å². The van der Waals surface area contributed by atoms with E-state index in [0.29, 0.717) is 12.2 Å². The SMILES string of the molecule is CCOC(=O)c1cc2c(nc1C)NCCC2. The van der Waals surface area contributed by atoms with Crippen LogP contribution < -0.4 is 5.32 Å². The van der Waals surface area contributed by atoms with E-state index in [2.05, 4.69) is 10.3 Å². The molecule has 0 spiro atoms. The summed E-state index contributed by atoms with van der Waals surface area (Å²) in [5.74, 6) is 0.637. The minimum Gasteiger partial charge on any atom is -0.462 e. The number of hydrogen-bond donors (Lipinski definition) is 1. The highest BCUT2D eigenvalue weighted by molar-refractivity contribution is 5.91. The van der Waals surface area contributed by atoms with E-state index in [1.165, 1.54) is 0 Å². The van der Waals surface area contributed by atoms with E-state index in [1.807, 2.05) is 13.0 Å². The minimum absolute atomic E-state index is 0.277. The van der Waals surface area contributed by atoms with Crippen LogP contribution in [0.3, 0.4) is 0 Å². The predicted molar refractivity (Wildman–Crippen MR) is 61.7 cm³/mol. The molecule has 1 aromatic heterocycles. The molecule has 0 atom stereocenters. The molecule has 0 fully saturated rings. The number of rotatable bonds is 2. The molecule has 1 aromatic rings. The average Bonchev–Trinajstić information content (AvgIpc) is 2.28. The maximum Gasteiger partial charge on any atom is 0.339 e. The monoisotopic (exact) mass is 220 g/mol. The molecule has 1 aliphatic heterocycles. The molecule has 2 rings (SSSR count). The van der Waals surface area contributed by atoms with Crippen molar-refractivity contribution in [3.8, 4) is 0 Å². The van der Waals surface area contributed by atoms with Crippen LogP contribution in [0, 0.1) is 6.92 Å². The number of carbonyl (C=O) groups excluding carboxylic acids is 1. The number of fused-ring (bicyclic) bond motifs is 1. The number of aryl methyl sites for hydroxylation is 2. The molecule has 0 saturated heterocycles. The number of anilines is 1. The maximum atomic E-state index is 11.7. The molecule has 1 N–H and O–H groups in total. The third-order valence-electron chi connectivity index (χ3n) is 2.70. The zero-order chi connectivity index (χ0) is 11.5. The Balaban J connectivity index is 2.35. The summed E-state index contributed by atoms with van der Waals surface area (Å²) < 4.78 is 5.00. The number of pyridine rings is 1. The topological polar surface area (TPSA) is 51.2 Å². The van der Waals surface area contributed by atoms with E-state index in [4.69, 9.17) is 4.74 Å². The van der Waals surface area contributed by atoms with Crippen LogP contribution in [-0.2, 0) is 11.2 Å². The largest absolute Gasteiger partial charge is 0.462 e. The smallest absolute Gasteiger partial charge is 0.339 e. The molecule has 0 bridgehead atoms. The molecule has 0 aromatic carbocycles.